The number of nitrogens with one attached hydrogen (secondary N) is 1. The summed E-state index contributed by atoms with van der Waals surface area (Å²) in [5, 5.41) is 3.55. The molecule has 0 aliphatic rings. The fraction of sp³-hybridized carbons (Fsp3) is 0.188. The Morgan fingerprint density at radius 2 is 1.82 bits per heavy atom. The highest BCUT2D eigenvalue weighted by Crippen LogP contribution is 2.36. The molecule has 1 N–H and O–H groups in total. The number of aryl methyl sites for hydroxylation is 1. The van der Waals surface area contributed by atoms with Crippen LogP contribution in [0.2, 0.25) is 10.0 Å². The standard InChI is InChI=1S/C16H15Cl2NO3/c1-9-5-4-6-11(17)14(9)19-16(20)10-7-12(18)15(22-3)13(8-10)21-2/h4-8H,1-3H3,(H,19,20). The summed E-state index contributed by atoms with van der Waals surface area (Å²) in [5.41, 5.74) is 1.79. The number of amides is 1. The second-order valence-electron chi connectivity index (χ2n) is 4.58. The van der Waals surface area contributed by atoms with Crippen molar-refractivity contribution in [2.45, 2.75) is 6.92 Å². The molecule has 0 unspecified atom stereocenters. The van der Waals surface area contributed by atoms with E-state index in [4.69, 9.17) is 32.7 Å². The van der Waals surface area contributed by atoms with Crippen LogP contribution in [-0.2, 0) is 0 Å². The molecule has 6 heteroatoms. The summed E-state index contributed by atoms with van der Waals surface area (Å²) in [6.45, 7) is 1.86. The van der Waals surface area contributed by atoms with Crippen molar-refractivity contribution in [1.29, 1.82) is 0 Å². The summed E-state index contributed by atoms with van der Waals surface area (Å²) in [6.07, 6.45) is 0. The first kappa shape index (κ1) is 16.5. The van der Waals surface area contributed by atoms with Crippen LogP contribution in [0.3, 0.4) is 0 Å². The zero-order valence-electron chi connectivity index (χ0n) is 12.4. The smallest absolute Gasteiger partial charge is 0.255 e. The Morgan fingerprint density at radius 3 is 2.41 bits per heavy atom. The lowest BCUT2D eigenvalue weighted by molar-refractivity contribution is 0.102. The van der Waals surface area contributed by atoms with E-state index in [1.54, 1.807) is 12.1 Å². The van der Waals surface area contributed by atoms with Crippen LogP contribution in [0.4, 0.5) is 5.69 Å². The highest BCUT2D eigenvalue weighted by molar-refractivity contribution is 6.34. The van der Waals surface area contributed by atoms with Gasteiger partial charge in [0.1, 0.15) is 0 Å². The molecule has 2 aromatic carbocycles. The average molecular weight is 340 g/mol. The number of para-hydroxylation sites is 1. The van der Waals surface area contributed by atoms with Gasteiger partial charge in [0.25, 0.3) is 5.91 Å². The predicted molar refractivity (Wildman–Crippen MR) is 88.7 cm³/mol. The summed E-state index contributed by atoms with van der Waals surface area (Å²) in [5.74, 6) is 0.435. The first-order valence-electron chi connectivity index (χ1n) is 6.46. The molecule has 0 saturated heterocycles. The van der Waals surface area contributed by atoms with E-state index in [-0.39, 0.29) is 5.91 Å². The molecular formula is C16H15Cl2NO3. The van der Waals surface area contributed by atoms with Crippen molar-refractivity contribution in [2.75, 3.05) is 19.5 Å². The molecule has 0 spiro atoms. The lowest BCUT2D eigenvalue weighted by Crippen LogP contribution is -2.13. The normalized spacial score (nSPS) is 10.2. The fourth-order valence-corrected chi connectivity index (χ4v) is 2.58. The summed E-state index contributed by atoms with van der Waals surface area (Å²) in [7, 11) is 2.96. The van der Waals surface area contributed by atoms with Crippen LogP contribution in [0.1, 0.15) is 15.9 Å². The van der Waals surface area contributed by atoms with Gasteiger partial charge >= 0.3 is 0 Å². The maximum absolute atomic E-state index is 12.4. The van der Waals surface area contributed by atoms with Gasteiger partial charge in [0.2, 0.25) is 0 Å². The number of benzene rings is 2. The molecule has 1 amide bonds. The van der Waals surface area contributed by atoms with E-state index >= 15 is 0 Å². The van der Waals surface area contributed by atoms with E-state index in [1.807, 2.05) is 19.1 Å². The summed E-state index contributed by atoms with van der Waals surface area (Å²) >= 11 is 12.2. The third kappa shape index (κ3) is 3.29. The van der Waals surface area contributed by atoms with Gasteiger partial charge in [-0.2, -0.15) is 0 Å². The molecule has 0 aliphatic heterocycles. The Morgan fingerprint density at radius 1 is 1.09 bits per heavy atom. The topological polar surface area (TPSA) is 47.6 Å². The number of hydrogen-bond donors (Lipinski definition) is 1. The Hall–Kier alpha value is -1.91. The second-order valence-corrected chi connectivity index (χ2v) is 5.39. The van der Waals surface area contributed by atoms with Gasteiger partial charge in [0.05, 0.1) is 30.0 Å². The minimum atomic E-state index is -0.334. The van der Waals surface area contributed by atoms with Crippen molar-refractivity contribution >= 4 is 34.8 Å². The van der Waals surface area contributed by atoms with E-state index in [2.05, 4.69) is 5.32 Å². The van der Waals surface area contributed by atoms with E-state index in [0.717, 1.165) is 5.56 Å². The van der Waals surface area contributed by atoms with Crippen molar-refractivity contribution < 1.29 is 14.3 Å². The zero-order valence-corrected chi connectivity index (χ0v) is 13.9. The van der Waals surface area contributed by atoms with Gasteiger partial charge in [0, 0.05) is 5.56 Å². The Balaban J connectivity index is 2.36. The summed E-state index contributed by atoms with van der Waals surface area (Å²) in [6, 6.07) is 8.48. The van der Waals surface area contributed by atoms with Crippen LogP contribution < -0.4 is 14.8 Å². The molecular weight excluding hydrogens is 325 g/mol. The lowest BCUT2D eigenvalue weighted by Gasteiger charge is -2.13. The molecule has 0 saturated carbocycles. The van der Waals surface area contributed by atoms with Gasteiger partial charge in [-0.15, -0.1) is 0 Å². The van der Waals surface area contributed by atoms with Crippen LogP contribution in [0.5, 0.6) is 11.5 Å². The number of ether oxygens (including phenoxy) is 2. The number of anilines is 1. The van der Waals surface area contributed by atoms with Crippen LogP contribution in [0.25, 0.3) is 0 Å². The van der Waals surface area contributed by atoms with Gasteiger partial charge < -0.3 is 14.8 Å². The van der Waals surface area contributed by atoms with Gasteiger partial charge in [-0.25, -0.2) is 0 Å². The van der Waals surface area contributed by atoms with Gasteiger partial charge in [-0.3, -0.25) is 4.79 Å². The van der Waals surface area contributed by atoms with Gasteiger partial charge in [-0.1, -0.05) is 35.3 Å². The molecule has 0 aliphatic carbocycles. The second kappa shape index (κ2) is 6.90. The Kier molecular flexibility index (Phi) is 5.16. The van der Waals surface area contributed by atoms with E-state index in [0.29, 0.717) is 32.8 Å². The average Bonchev–Trinajstić information content (AvgIpc) is 2.49. The first-order chi connectivity index (χ1) is 10.5. The van der Waals surface area contributed by atoms with Crippen LogP contribution in [0, 0.1) is 6.92 Å². The minimum Gasteiger partial charge on any atom is -0.493 e. The number of methoxy groups -OCH3 is 2. The molecule has 2 aromatic rings. The molecule has 0 atom stereocenters. The molecule has 2 rings (SSSR count). The lowest BCUT2D eigenvalue weighted by atomic mass is 10.1. The highest BCUT2D eigenvalue weighted by Gasteiger charge is 2.16. The number of carbonyl (C=O) groups is 1. The van der Waals surface area contributed by atoms with Crippen molar-refractivity contribution in [3.63, 3.8) is 0 Å². The molecule has 0 heterocycles. The largest absolute Gasteiger partial charge is 0.493 e. The number of hydrogen-bond acceptors (Lipinski definition) is 3. The van der Waals surface area contributed by atoms with Crippen LogP contribution >= 0.6 is 23.2 Å². The van der Waals surface area contributed by atoms with E-state index < -0.39 is 0 Å². The van der Waals surface area contributed by atoms with E-state index in [1.165, 1.54) is 20.3 Å². The summed E-state index contributed by atoms with van der Waals surface area (Å²) < 4.78 is 10.3. The molecule has 0 bridgehead atoms. The fourth-order valence-electron chi connectivity index (χ4n) is 2.02. The zero-order chi connectivity index (χ0) is 16.3. The van der Waals surface area contributed by atoms with E-state index in [9.17, 15) is 4.79 Å². The van der Waals surface area contributed by atoms with Crippen molar-refractivity contribution in [1.82, 2.24) is 0 Å². The number of rotatable bonds is 4. The molecule has 116 valence electrons. The van der Waals surface area contributed by atoms with Crippen molar-refractivity contribution in [3.05, 3.63) is 51.5 Å². The van der Waals surface area contributed by atoms with Crippen molar-refractivity contribution in [3.8, 4) is 11.5 Å². The van der Waals surface area contributed by atoms with Gasteiger partial charge in [-0.05, 0) is 30.7 Å². The Labute approximate surface area is 138 Å². The third-order valence-electron chi connectivity index (χ3n) is 3.16. The molecule has 0 radical (unpaired) electrons. The number of carbonyl (C=O) groups excluding carboxylic acids is 1. The molecule has 0 fully saturated rings. The van der Waals surface area contributed by atoms with Crippen LogP contribution in [-0.4, -0.2) is 20.1 Å². The predicted octanol–water partition coefficient (Wildman–Crippen LogP) is 4.57. The molecule has 4 nitrogen and oxygen atoms in total. The maximum atomic E-state index is 12.4. The highest BCUT2D eigenvalue weighted by atomic mass is 35.5. The minimum absolute atomic E-state index is 0.294. The third-order valence-corrected chi connectivity index (χ3v) is 3.75. The monoisotopic (exact) mass is 339 g/mol. The Bertz CT molecular complexity index is 697. The maximum Gasteiger partial charge on any atom is 0.255 e. The first-order valence-corrected chi connectivity index (χ1v) is 7.21. The number of halogens is 2. The van der Waals surface area contributed by atoms with Crippen molar-refractivity contribution in [2.24, 2.45) is 0 Å². The summed E-state index contributed by atoms with van der Waals surface area (Å²) in [4.78, 5) is 12.4. The van der Waals surface area contributed by atoms with Gasteiger partial charge in [0.15, 0.2) is 11.5 Å². The molecule has 0 aromatic heterocycles. The van der Waals surface area contributed by atoms with Crippen LogP contribution in [0.15, 0.2) is 30.3 Å². The quantitative estimate of drug-likeness (QED) is 0.887. The SMILES string of the molecule is COc1cc(C(=O)Nc2c(C)cccc2Cl)cc(Cl)c1OC. The molecule has 22 heavy (non-hydrogen) atoms.